The molecule has 0 aromatic carbocycles. The van der Waals surface area contributed by atoms with Crippen molar-refractivity contribution in [1.82, 2.24) is 0 Å². The summed E-state index contributed by atoms with van der Waals surface area (Å²) in [5.41, 5.74) is 0. The fourth-order valence-corrected chi connectivity index (χ4v) is 0.172. The Morgan fingerprint density at radius 1 is 1.86 bits per heavy atom. The predicted molar refractivity (Wildman–Crippen MR) is 23.4 cm³/mol. The Morgan fingerprint density at radius 3 is 2.57 bits per heavy atom. The molecule has 0 aromatic heterocycles. The smallest absolute Gasteiger partial charge is 0.151 e. The second kappa shape index (κ2) is 3.77. The van der Waals surface area contributed by atoms with Crippen LogP contribution in [0.1, 0.15) is 0 Å². The van der Waals surface area contributed by atoms with Crippen LogP contribution in [0.25, 0.3) is 0 Å². The molecule has 0 aliphatic carbocycles. The molecule has 3 heteroatoms. The molecule has 3 nitrogen and oxygen atoms in total. The number of carbonyl (C=O) groups is 1. The summed E-state index contributed by atoms with van der Waals surface area (Å²) in [5, 5.41) is 8.31. The molecular weight excluding hydrogens is 96.0 g/mol. The van der Waals surface area contributed by atoms with Gasteiger partial charge in [0.1, 0.15) is 12.7 Å². The average molecular weight is 103 g/mol. The number of aldehydes is 1. The third kappa shape index (κ3) is 3.42. The third-order valence-electron chi connectivity index (χ3n) is 0.415. The summed E-state index contributed by atoms with van der Waals surface area (Å²) in [7, 11) is 1.37. The van der Waals surface area contributed by atoms with Crippen LogP contribution in [0.2, 0.25) is 0 Å². The van der Waals surface area contributed by atoms with Crippen molar-refractivity contribution in [3.8, 4) is 0 Å². The van der Waals surface area contributed by atoms with Crippen LogP contribution in [-0.4, -0.2) is 24.6 Å². The maximum absolute atomic E-state index is 9.53. The van der Waals surface area contributed by atoms with Crippen LogP contribution < -0.4 is 0 Å². The SMILES string of the molecule is CO[CH]C(O)C=O. The monoisotopic (exact) mass is 103 g/mol. The van der Waals surface area contributed by atoms with E-state index in [2.05, 4.69) is 4.74 Å². The molecule has 7 heavy (non-hydrogen) atoms. The first-order valence-corrected chi connectivity index (χ1v) is 1.80. The van der Waals surface area contributed by atoms with Gasteiger partial charge in [-0.05, 0) is 0 Å². The number of ether oxygens (including phenoxy) is 1. The lowest BCUT2D eigenvalue weighted by Crippen LogP contribution is -2.08. The molecular formula is C4H7O3. The van der Waals surface area contributed by atoms with E-state index in [1.165, 1.54) is 7.11 Å². The Kier molecular flexibility index (Phi) is 3.55. The van der Waals surface area contributed by atoms with Gasteiger partial charge in [-0.1, -0.05) is 0 Å². The molecule has 1 N–H and O–H groups in total. The lowest BCUT2D eigenvalue weighted by Gasteiger charge is -1.95. The van der Waals surface area contributed by atoms with Crippen molar-refractivity contribution in [3.63, 3.8) is 0 Å². The fraction of sp³-hybridized carbons (Fsp3) is 0.500. The Labute approximate surface area is 41.9 Å². The van der Waals surface area contributed by atoms with E-state index in [0.29, 0.717) is 6.29 Å². The van der Waals surface area contributed by atoms with Crippen LogP contribution in [-0.2, 0) is 9.53 Å². The Morgan fingerprint density at radius 2 is 2.43 bits per heavy atom. The molecule has 0 fully saturated rings. The number of rotatable bonds is 3. The molecule has 1 atom stereocenters. The molecule has 0 aliphatic rings. The van der Waals surface area contributed by atoms with Gasteiger partial charge in [0.15, 0.2) is 6.29 Å². The van der Waals surface area contributed by atoms with Crippen molar-refractivity contribution in [2.75, 3.05) is 7.11 Å². The van der Waals surface area contributed by atoms with Crippen molar-refractivity contribution in [2.24, 2.45) is 0 Å². The first-order valence-electron chi connectivity index (χ1n) is 1.80. The summed E-state index contributed by atoms with van der Waals surface area (Å²) in [6.45, 7) is 1.03. The van der Waals surface area contributed by atoms with Crippen LogP contribution in [0, 0.1) is 6.61 Å². The fourth-order valence-electron chi connectivity index (χ4n) is 0.172. The van der Waals surface area contributed by atoms with Crippen LogP contribution in [0.3, 0.4) is 0 Å². The second-order valence-corrected chi connectivity index (χ2v) is 0.998. The van der Waals surface area contributed by atoms with Gasteiger partial charge in [-0.2, -0.15) is 0 Å². The number of methoxy groups -OCH3 is 1. The summed E-state index contributed by atoms with van der Waals surface area (Å²) in [6, 6.07) is 0. The zero-order chi connectivity index (χ0) is 5.70. The first-order chi connectivity index (χ1) is 3.31. The van der Waals surface area contributed by atoms with Gasteiger partial charge in [0, 0.05) is 7.11 Å². The van der Waals surface area contributed by atoms with Crippen LogP contribution in [0.5, 0.6) is 0 Å². The van der Waals surface area contributed by atoms with E-state index in [-0.39, 0.29) is 0 Å². The van der Waals surface area contributed by atoms with Crippen LogP contribution in [0.4, 0.5) is 0 Å². The molecule has 41 valence electrons. The van der Waals surface area contributed by atoms with Crippen molar-refractivity contribution >= 4 is 6.29 Å². The molecule has 0 bridgehead atoms. The van der Waals surface area contributed by atoms with Gasteiger partial charge in [0.25, 0.3) is 0 Å². The van der Waals surface area contributed by atoms with Gasteiger partial charge < -0.3 is 14.6 Å². The molecule has 0 aliphatic heterocycles. The van der Waals surface area contributed by atoms with Crippen molar-refractivity contribution in [3.05, 3.63) is 6.61 Å². The van der Waals surface area contributed by atoms with Gasteiger partial charge >= 0.3 is 0 Å². The third-order valence-corrected chi connectivity index (χ3v) is 0.415. The number of hydrogen-bond donors (Lipinski definition) is 1. The minimum absolute atomic E-state index is 0.378. The Balaban J connectivity index is 2.98. The normalized spacial score (nSPS) is 13.4. The van der Waals surface area contributed by atoms with Crippen LogP contribution >= 0.6 is 0 Å². The molecule has 0 aromatic rings. The largest absolute Gasteiger partial charge is 0.383 e. The van der Waals surface area contributed by atoms with E-state index < -0.39 is 6.10 Å². The van der Waals surface area contributed by atoms with E-state index in [9.17, 15) is 4.79 Å². The highest BCUT2D eigenvalue weighted by Crippen LogP contribution is 1.81. The lowest BCUT2D eigenvalue weighted by atomic mass is 10.4. The highest BCUT2D eigenvalue weighted by Gasteiger charge is 1.97. The molecule has 0 heterocycles. The van der Waals surface area contributed by atoms with E-state index in [4.69, 9.17) is 5.11 Å². The van der Waals surface area contributed by atoms with Gasteiger partial charge in [0.05, 0.1) is 0 Å². The highest BCUT2D eigenvalue weighted by molar-refractivity contribution is 5.56. The first kappa shape index (κ1) is 6.59. The molecule has 1 radical (unpaired) electrons. The van der Waals surface area contributed by atoms with Crippen molar-refractivity contribution in [2.45, 2.75) is 6.10 Å². The minimum atomic E-state index is -1.08. The maximum Gasteiger partial charge on any atom is 0.151 e. The summed E-state index contributed by atoms with van der Waals surface area (Å²) >= 11 is 0. The van der Waals surface area contributed by atoms with Gasteiger partial charge in [-0.25, -0.2) is 0 Å². The Bertz CT molecular complexity index is 52.9. The van der Waals surface area contributed by atoms with Gasteiger partial charge in [-0.15, -0.1) is 0 Å². The maximum atomic E-state index is 9.53. The number of carbonyl (C=O) groups excluding carboxylic acids is 1. The minimum Gasteiger partial charge on any atom is -0.383 e. The standard InChI is InChI=1S/C4H7O3/c1-7-3-4(6)2-5/h2-4,6H,1H3. The summed E-state index contributed by atoms with van der Waals surface area (Å²) in [6.07, 6.45) is -0.700. The van der Waals surface area contributed by atoms with Crippen molar-refractivity contribution < 1.29 is 14.6 Å². The molecule has 0 rings (SSSR count). The summed E-state index contributed by atoms with van der Waals surface area (Å²) in [5.74, 6) is 0. The van der Waals surface area contributed by atoms with E-state index >= 15 is 0 Å². The number of hydrogen-bond acceptors (Lipinski definition) is 3. The summed E-state index contributed by atoms with van der Waals surface area (Å²) in [4.78, 5) is 9.53. The van der Waals surface area contributed by atoms with E-state index in [1.807, 2.05) is 0 Å². The predicted octanol–water partition coefficient (Wildman–Crippen LogP) is -0.646. The lowest BCUT2D eigenvalue weighted by molar-refractivity contribution is -0.115. The second-order valence-electron chi connectivity index (χ2n) is 0.998. The van der Waals surface area contributed by atoms with Gasteiger partial charge in [-0.3, -0.25) is 0 Å². The average Bonchev–Trinajstić information content (AvgIpc) is 1.68. The zero-order valence-electron chi connectivity index (χ0n) is 4.00. The van der Waals surface area contributed by atoms with Crippen LogP contribution in [0.15, 0.2) is 0 Å². The quantitative estimate of drug-likeness (QED) is 0.483. The van der Waals surface area contributed by atoms with E-state index in [1.54, 1.807) is 0 Å². The number of aliphatic hydroxyl groups is 1. The number of aliphatic hydroxyl groups excluding tert-OH is 1. The highest BCUT2D eigenvalue weighted by atomic mass is 16.5. The molecule has 0 saturated carbocycles. The van der Waals surface area contributed by atoms with E-state index in [0.717, 1.165) is 6.61 Å². The van der Waals surface area contributed by atoms with Gasteiger partial charge in [0.2, 0.25) is 0 Å². The molecule has 1 unspecified atom stereocenters. The topological polar surface area (TPSA) is 46.5 Å². The molecule has 0 amide bonds. The zero-order valence-corrected chi connectivity index (χ0v) is 4.00. The van der Waals surface area contributed by atoms with Crippen molar-refractivity contribution in [1.29, 1.82) is 0 Å². The molecule has 0 saturated heterocycles. The Hall–Kier alpha value is -0.410. The summed E-state index contributed by atoms with van der Waals surface area (Å²) < 4.78 is 4.29. The molecule has 0 spiro atoms.